The first kappa shape index (κ1) is 10.1. The van der Waals surface area contributed by atoms with Gasteiger partial charge in [0, 0.05) is 12.7 Å². The maximum atomic E-state index is 11.9. The summed E-state index contributed by atoms with van der Waals surface area (Å²) < 4.78 is 27.1. The molecular weight excluding hydrogens is 226 g/mol. The van der Waals surface area contributed by atoms with Gasteiger partial charge in [-0.05, 0) is 25.7 Å². The highest BCUT2D eigenvalue weighted by Crippen LogP contribution is 2.35. The van der Waals surface area contributed by atoms with Gasteiger partial charge >= 0.3 is 0 Å². The Morgan fingerprint density at radius 2 is 2.12 bits per heavy atom. The number of hydrogen-bond donors (Lipinski definition) is 0. The molecule has 0 unspecified atom stereocenters. The van der Waals surface area contributed by atoms with Gasteiger partial charge in [-0.2, -0.15) is 5.10 Å². The highest BCUT2D eigenvalue weighted by Gasteiger charge is 2.29. The van der Waals surface area contributed by atoms with E-state index in [0.29, 0.717) is 12.6 Å². The topological polar surface area (TPSA) is 55.2 Å². The summed E-state index contributed by atoms with van der Waals surface area (Å²) in [7, 11) is -3.09. The second-order valence-electron chi connectivity index (χ2n) is 4.50. The first-order valence-electron chi connectivity index (χ1n) is 5.71. The van der Waals surface area contributed by atoms with E-state index in [4.69, 9.17) is 0 Å². The zero-order valence-corrected chi connectivity index (χ0v) is 9.86. The minimum atomic E-state index is -3.09. The van der Waals surface area contributed by atoms with Gasteiger partial charge in [-0.15, -0.1) is 0 Å². The van der Waals surface area contributed by atoms with Crippen molar-refractivity contribution in [3.8, 4) is 0 Å². The van der Waals surface area contributed by atoms with Crippen molar-refractivity contribution in [2.45, 2.75) is 31.7 Å². The Morgan fingerprint density at radius 1 is 1.31 bits per heavy atom. The lowest BCUT2D eigenvalue weighted by Crippen LogP contribution is -2.37. The molecule has 5 nitrogen and oxygen atoms in total. The number of sulfonamides is 1. The monoisotopic (exact) mass is 241 g/mol. The third-order valence-electron chi connectivity index (χ3n) is 3.15. The Hall–Kier alpha value is -1.04. The van der Waals surface area contributed by atoms with Crippen LogP contribution in [0.1, 0.15) is 31.7 Å². The van der Waals surface area contributed by atoms with Crippen LogP contribution in [0.15, 0.2) is 12.4 Å². The SMILES string of the molecule is O=S1(=O)CCCCN1c1cnn(C2CC2)c1. The van der Waals surface area contributed by atoms with Crippen LogP contribution in [0.25, 0.3) is 0 Å². The summed E-state index contributed by atoms with van der Waals surface area (Å²) in [6.45, 7) is 0.596. The number of rotatable bonds is 2. The van der Waals surface area contributed by atoms with Crippen LogP contribution in [0.4, 0.5) is 5.69 Å². The Kier molecular flexibility index (Phi) is 2.20. The first-order valence-corrected chi connectivity index (χ1v) is 7.32. The van der Waals surface area contributed by atoms with Crippen molar-refractivity contribution in [1.82, 2.24) is 9.78 Å². The molecule has 0 spiro atoms. The van der Waals surface area contributed by atoms with Crippen molar-refractivity contribution in [3.05, 3.63) is 12.4 Å². The smallest absolute Gasteiger partial charge is 0.235 e. The van der Waals surface area contributed by atoms with Gasteiger partial charge in [0.05, 0.1) is 23.7 Å². The molecule has 0 atom stereocenters. The Morgan fingerprint density at radius 3 is 2.81 bits per heavy atom. The summed E-state index contributed by atoms with van der Waals surface area (Å²) in [5.74, 6) is 0.265. The maximum Gasteiger partial charge on any atom is 0.235 e. The molecule has 1 saturated heterocycles. The normalized spacial score (nSPS) is 24.6. The van der Waals surface area contributed by atoms with Gasteiger partial charge < -0.3 is 0 Å². The molecule has 1 aromatic rings. The van der Waals surface area contributed by atoms with Crippen molar-refractivity contribution in [2.24, 2.45) is 0 Å². The van der Waals surface area contributed by atoms with E-state index in [1.54, 1.807) is 6.20 Å². The van der Waals surface area contributed by atoms with Crippen LogP contribution in [-0.2, 0) is 10.0 Å². The standard InChI is InChI=1S/C10H15N3O2S/c14-16(15)6-2-1-5-13(16)10-7-11-12(8-10)9-3-4-9/h7-9H,1-6H2. The molecule has 1 saturated carbocycles. The first-order chi connectivity index (χ1) is 7.67. The average molecular weight is 241 g/mol. The lowest BCUT2D eigenvalue weighted by Gasteiger charge is -2.26. The Labute approximate surface area is 95.1 Å². The lowest BCUT2D eigenvalue weighted by molar-refractivity contribution is 0.574. The highest BCUT2D eigenvalue weighted by molar-refractivity contribution is 7.92. The van der Waals surface area contributed by atoms with Crippen LogP contribution in [0.5, 0.6) is 0 Å². The van der Waals surface area contributed by atoms with E-state index in [0.717, 1.165) is 31.4 Å². The predicted octanol–water partition coefficient (Wildman–Crippen LogP) is 1.15. The van der Waals surface area contributed by atoms with Crippen LogP contribution in [0, 0.1) is 0 Å². The Bertz CT molecular complexity index is 490. The third-order valence-corrected chi connectivity index (χ3v) is 5.02. The minimum absolute atomic E-state index is 0.265. The van der Waals surface area contributed by atoms with E-state index in [-0.39, 0.29) is 5.75 Å². The molecule has 0 N–H and O–H groups in total. The quantitative estimate of drug-likeness (QED) is 0.780. The van der Waals surface area contributed by atoms with Crippen molar-refractivity contribution in [1.29, 1.82) is 0 Å². The summed E-state index contributed by atoms with van der Waals surface area (Å²) in [4.78, 5) is 0. The molecule has 1 aliphatic carbocycles. The summed E-state index contributed by atoms with van der Waals surface area (Å²) in [5, 5.41) is 4.23. The van der Waals surface area contributed by atoms with Gasteiger partial charge in [-0.3, -0.25) is 8.99 Å². The van der Waals surface area contributed by atoms with Crippen LogP contribution in [0.2, 0.25) is 0 Å². The molecule has 1 aliphatic heterocycles. The van der Waals surface area contributed by atoms with Gasteiger partial charge in [-0.25, -0.2) is 8.42 Å². The van der Waals surface area contributed by atoms with E-state index >= 15 is 0 Å². The van der Waals surface area contributed by atoms with Crippen LogP contribution >= 0.6 is 0 Å². The zero-order chi connectivity index (χ0) is 11.2. The van der Waals surface area contributed by atoms with E-state index in [2.05, 4.69) is 5.10 Å². The molecule has 3 rings (SSSR count). The fourth-order valence-corrected chi connectivity index (χ4v) is 3.69. The fraction of sp³-hybridized carbons (Fsp3) is 0.700. The number of aromatic nitrogens is 2. The van der Waals surface area contributed by atoms with Gasteiger partial charge in [-0.1, -0.05) is 0 Å². The second kappa shape index (κ2) is 3.48. The number of anilines is 1. The van der Waals surface area contributed by atoms with Gasteiger partial charge in [0.25, 0.3) is 0 Å². The molecule has 1 aromatic heterocycles. The van der Waals surface area contributed by atoms with Crippen molar-refractivity contribution in [3.63, 3.8) is 0 Å². The minimum Gasteiger partial charge on any atom is -0.268 e. The molecular formula is C10H15N3O2S. The van der Waals surface area contributed by atoms with Gasteiger partial charge in [0.15, 0.2) is 0 Å². The molecule has 0 aromatic carbocycles. The largest absolute Gasteiger partial charge is 0.268 e. The summed E-state index contributed by atoms with van der Waals surface area (Å²) in [5.41, 5.74) is 0.728. The lowest BCUT2D eigenvalue weighted by atomic mass is 10.3. The van der Waals surface area contributed by atoms with Crippen molar-refractivity contribution >= 4 is 15.7 Å². The van der Waals surface area contributed by atoms with Crippen LogP contribution in [-0.4, -0.2) is 30.5 Å². The molecule has 2 fully saturated rings. The van der Waals surface area contributed by atoms with E-state index in [9.17, 15) is 8.42 Å². The molecule has 2 aliphatic rings. The van der Waals surface area contributed by atoms with E-state index in [1.807, 2.05) is 10.9 Å². The van der Waals surface area contributed by atoms with E-state index in [1.165, 1.54) is 4.31 Å². The summed E-state index contributed by atoms with van der Waals surface area (Å²) in [6.07, 6.45) is 7.56. The predicted molar refractivity (Wildman–Crippen MR) is 60.9 cm³/mol. The molecule has 6 heteroatoms. The molecule has 0 amide bonds. The van der Waals surface area contributed by atoms with Crippen LogP contribution < -0.4 is 4.31 Å². The summed E-state index contributed by atoms with van der Waals surface area (Å²) >= 11 is 0. The fourth-order valence-electron chi connectivity index (χ4n) is 2.07. The van der Waals surface area contributed by atoms with Gasteiger partial charge in [0.1, 0.15) is 0 Å². The third kappa shape index (κ3) is 1.71. The van der Waals surface area contributed by atoms with E-state index < -0.39 is 10.0 Å². The van der Waals surface area contributed by atoms with Crippen molar-refractivity contribution < 1.29 is 8.42 Å². The van der Waals surface area contributed by atoms with Gasteiger partial charge in [0.2, 0.25) is 10.0 Å². The zero-order valence-electron chi connectivity index (χ0n) is 9.04. The number of hydrogen-bond acceptors (Lipinski definition) is 3. The van der Waals surface area contributed by atoms with Crippen molar-refractivity contribution in [2.75, 3.05) is 16.6 Å². The number of nitrogens with zero attached hydrogens (tertiary/aromatic N) is 3. The van der Waals surface area contributed by atoms with Crippen LogP contribution in [0.3, 0.4) is 0 Å². The maximum absolute atomic E-state index is 11.9. The summed E-state index contributed by atoms with van der Waals surface area (Å²) in [6, 6.07) is 0.501. The molecule has 0 radical (unpaired) electrons. The second-order valence-corrected chi connectivity index (χ2v) is 6.52. The molecule has 88 valence electrons. The molecule has 2 heterocycles. The molecule has 0 bridgehead atoms. The Balaban J connectivity index is 1.89. The highest BCUT2D eigenvalue weighted by atomic mass is 32.2. The molecule has 16 heavy (non-hydrogen) atoms. The average Bonchev–Trinajstić information content (AvgIpc) is 2.98.